The number of nitrogens with zero attached hydrogens (tertiary/aromatic N) is 2. The summed E-state index contributed by atoms with van der Waals surface area (Å²) in [4.78, 5) is 4.36. The lowest BCUT2D eigenvalue weighted by Gasteiger charge is -2.24. The second kappa shape index (κ2) is 5.40. The first-order chi connectivity index (χ1) is 9.31. The molecule has 1 atom stereocenters. The molecule has 0 aliphatic carbocycles. The van der Waals surface area contributed by atoms with Crippen molar-refractivity contribution >= 4 is 5.69 Å². The molecular weight excluding hydrogens is 238 g/mol. The summed E-state index contributed by atoms with van der Waals surface area (Å²) in [6.07, 6.45) is 2.45. The van der Waals surface area contributed by atoms with E-state index in [0.717, 1.165) is 36.0 Å². The lowest BCUT2D eigenvalue weighted by atomic mass is 10.1. The molecule has 1 aliphatic heterocycles. The van der Waals surface area contributed by atoms with Crippen LogP contribution in [0.15, 0.2) is 24.3 Å². The molecule has 0 saturated carbocycles. The first-order valence-corrected chi connectivity index (χ1v) is 6.78. The van der Waals surface area contributed by atoms with E-state index in [0.29, 0.717) is 6.04 Å². The molecule has 1 saturated heterocycles. The summed E-state index contributed by atoms with van der Waals surface area (Å²) >= 11 is 0. The predicted molar refractivity (Wildman–Crippen MR) is 76.1 cm³/mol. The molecule has 3 rings (SSSR count). The standard InChI is InChI=1S/C14H19N5/c1-10-16-14(19-18-10)11-4-2-5-12(8-11)17-13-6-3-7-15-9-13/h2,4-5,8,13,15,17H,3,6-7,9H2,1H3,(H,16,18,19). The van der Waals surface area contributed by atoms with Crippen LogP contribution in [-0.2, 0) is 0 Å². The lowest BCUT2D eigenvalue weighted by Crippen LogP contribution is -2.38. The number of hydrogen-bond donors (Lipinski definition) is 3. The molecule has 0 bridgehead atoms. The minimum absolute atomic E-state index is 0.512. The monoisotopic (exact) mass is 257 g/mol. The van der Waals surface area contributed by atoms with Crippen molar-refractivity contribution in [2.45, 2.75) is 25.8 Å². The van der Waals surface area contributed by atoms with Gasteiger partial charge in [-0.15, -0.1) is 0 Å². The van der Waals surface area contributed by atoms with Crippen LogP contribution >= 0.6 is 0 Å². The van der Waals surface area contributed by atoms with Crippen molar-refractivity contribution in [3.8, 4) is 11.4 Å². The van der Waals surface area contributed by atoms with E-state index in [1.807, 2.05) is 19.1 Å². The zero-order valence-corrected chi connectivity index (χ0v) is 11.1. The first-order valence-electron chi connectivity index (χ1n) is 6.78. The molecule has 0 radical (unpaired) electrons. The van der Waals surface area contributed by atoms with Crippen molar-refractivity contribution in [3.05, 3.63) is 30.1 Å². The molecule has 100 valence electrons. The van der Waals surface area contributed by atoms with Gasteiger partial charge in [-0.05, 0) is 38.4 Å². The second-order valence-corrected chi connectivity index (χ2v) is 5.01. The average molecular weight is 257 g/mol. The van der Waals surface area contributed by atoms with Crippen LogP contribution in [0.1, 0.15) is 18.7 Å². The van der Waals surface area contributed by atoms with Crippen molar-refractivity contribution in [2.24, 2.45) is 0 Å². The van der Waals surface area contributed by atoms with Gasteiger partial charge >= 0.3 is 0 Å². The van der Waals surface area contributed by atoms with Crippen LogP contribution in [0.3, 0.4) is 0 Å². The van der Waals surface area contributed by atoms with E-state index in [2.05, 4.69) is 37.9 Å². The maximum atomic E-state index is 4.36. The molecule has 0 spiro atoms. The van der Waals surface area contributed by atoms with E-state index in [-0.39, 0.29) is 0 Å². The highest BCUT2D eigenvalue weighted by Crippen LogP contribution is 2.20. The molecule has 1 aromatic heterocycles. The fourth-order valence-electron chi connectivity index (χ4n) is 2.43. The molecule has 0 amide bonds. The summed E-state index contributed by atoms with van der Waals surface area (Å²) in [5, 5.41) is 14.1. The Morgan fingerprint density at radius 2 is 2.32 bits per heavy atom. The number of aryl methyl sites for hydroxylation is 1. The number of aromatic amines is 1. The van der Waals surface area contributed by atoms with E-state index in [4.69, 9.17) is 0 Å². The largest absolute Gasteiger partial charge is 0.381 e. The predicted octanol–water partition coefficient (Wildman–Crippen LogP) is 1.94. The van der Waals surface area contributed by atoms with Crippen LogP contribution in [0, 0.1) is 6.92 Å². The Balaban J connectivity index is 1.75. The second-order valence-electron chi connectivity index (χ2n) is 5.01. The molecule has 1 aromatic carbocycles. The number of rotatable bonds is 3. The average Bonchev–Trinajstić information content (AvgIpc) is 2.87. The highest BCUT2D eigenvalue weighted by molar-refractivity contribution is 5.62. The van der Waals surface area contributed by atoms with Gasteiger partial charge in [-0.3, -0.25) is 5.10 Å². The smallest absolute Gasteiger partial charge is 0.181 e. The number of benzene rings is 1. The molecule has 19 heavy (non-hydrogen) atoms. The number of aromatic nitrogens is 3. The molecule has 5 heteroatoms. The van der Waals surface area contributed by atoms with E-state index >= 15 is 0 Å². The molecule has 5 nitrogen and oxygen atoms in total. The van der Waals surface area contributed by atoms with Crippen LogP contribution in [0.4, 0.5) is 5.69 Å². The Labute approximate surface area is 112 Å². The van der Waals surface area contributed by atoms with Gasteiger partial charge in [0.15, 0.2) is 5.82 Å². The third kappa shape index (κ3) is 2.93. The normalized spacial score (nSPS) is 19.3. The molecule has 1 aliphatic rings. The van der Waals surface area contributed by atoms with Gasteiger partial charge in [0.05, 0.1) is 0 Å². The molecule has 1 unspecified atom stereocenters. The zero-order valence-electron chi connectivity index (χ0n) is 11.1. The van der Waals surface area contributed by atoms with Gasteiger partial charge in [-0.25, -0.2) is 4.98 Å². The van der Waals surface area contributed by atoms with E-state index in [9.17, 15) is 0 Å². The van der Waals surface area contributed by atoms with Gasteiger partial charge in [0, 0.05) is 23.8 Å². The first kappa shape index (κ1) is 12.2. The highest BCUT2D eigenvalue weighted by atomic mass is 15.2. The molecule has 1 fully saturated rings. The summed E-state index contributed by atoms with van der Waals surface area (Å²) in [5.41, 5.74) is 2.17. The number of anilines is 1. The van der Waals surface area contributed by atoms with Crippen molar-refractivity contribution < 1.29 is 0 Å². The SMILES string of the molecule is Cc1nc(-c2cccc(NC3CCCNC3)c2)n[nH]1. The summed E-state index contributed by atoms with van der Waals surface area (Å²) in [6, 6.07) is 8.79. The van der Waals surface area contributed by atoms with Gasteiger partial charge in [-0.1, -0.05) is 12.1 Å². The summed E-state index contributed by atoms with van der Waals surface area (Å²) in [7, 11) is 0. The van der Waals surface area contributed by atoms with Crippen molar-refractivity contribution in [3.63, 3.8) is 0 Å². The molecule has 3 N–H and O–H groups in total. The summed E-state index contributed by atoms with van der Waals surface area (Å²) in [6.45, 7) is 4.07. The Morgan fingerprint density at radius 3 is 3.05 bits per heavy atom. The van der Waals surface area contributed by atoms with Gasteiger partial charge in [-0.2, -0.15) is 5.10 Å². The molecular formula is C14H19N5. The topological polar surface area (TPSA) is 65.6 Å². The minimum Gasteiger partial charge on any atom is -0.381 e. The quantitative estimate of drug-likeness (QED) is 0.786. The Kier molecular flexibility index (Phi) is 3.46. The number of nitrogens with one attached hydrogen (secondary N) is 3. The third-order valence-electron chi connectivity index (χ3n) is 3.39. The van der Waals surface area contributed by atoms with Gasteiger partial charge in [0.2, 0.25) is 0 Å². The van der Waals surface area contributed by atoms with Crippen LogP contribution < -0.4 is 10.6 Å². The molecule has 2 aromatic rings. The van der Waals surface area contributed by atoms with Crippen LogP contribution in [-0.4, -0.2) is 34.3 Å². The summed E-state index contributed by atoms with van der Waals surface area (Å²) < 4.78 is 0. The lowest BCUT2D eigenvalue weighted by molar-refractivity contribution is 0.480. The summed E-state index contributed by atoms with van der Waals surface area (Å²) in [5.74, 6) is 1.59. The van der Waals surface area contributed by atoms with E-state index in [1.54, 1.807) is 0 Å². The zero-order chi connectivity index (χ0) is 13.1. The van der Waals surface area contributed by atoms with Gasteiger partial charge in [0.1, 0.15) is 5.82 Å². The number of hydrogen-bond acceptors (Lipinski definition) is 4. The maximum absolute atomic E-state index is 4.36. The van der Waals surface area contributed by atoms with Crippen molar-refractivity contribution in [2.75, 3.05) is 18.4 Å². The maximum Gasteiger partial charge on any atom is 0.181 e. The van der Waals surface area contributed by atoms with Gasteiger partial charge in [0.25, 0.3) is 0 Å². The van der Waals surface area contributed by atoms with Crippen molar-refractivity contribution in [1.29, 1.82) is 0 Å². The number of piperidine rings is 1. The van der Waals surface area contributed by atoms with Gasteiger partial charge < -0.3 is 10.6 Å². The van der Waals surface area contributed by atoms with Crippen LogP contribution in [0.25, 0.3) is 11.4 Å². The van der Waals surface area contributed by atoms with Crippen molar-refractivity contribution in [1.82, 2.24) is 20.5 Å². The fraction of sp³-hybridized carbons (Fsp3) is 0.429. The Morgan fingerprint density at radius 1 is 1.37 bits per heavy atom. The molecule has 2 heterocycles. The Hall–Kier alpha value is -1.88. The Bertz CT molecular complexity index is 542. The van der Waals surface area contributed by atoms with E-state index < -0.39 is 0 Å². The third-order valence-corrected chi connectivity index (χ3v) is 3.39. The van der Waals surface area contributed by atoms with Crippen LogP contribution in [0.2, 0.25) is 0 Å². The highest BCUT2D eigenvalue weighted by Gasteiger charge is 2.12. The van der Waals surface area contributed by atoms with E-state index in [1.165, 1.54) is 12.8 Å². The van der Waals surface area contributed by atoms with Crippen LogP contribution in [0.5, 0.6) is 0 Å². The minimum atomic E-state index is 0.512. The number of H-pyrrole nitrogens is 1. The fourth-order valence-corrected chi connectivity index (χ4v) is 2.43.